The molecule has 1 aromatic carbocycles. The first kappa shape index (κ1) is 13.6. The van der Waals surface area contributed by atoms with Crippen LogP contribution in [-0.4, -0.2) is 22.8 Å². The van der Waals surface area contributed by atoms with Crippen LogP contribution >= 0.6 is 0 Å². The Balaban J connectivity index is 1.93. The number of carbonyl (C=O) groups is 1. The largest absolute Gasteiger partial charge is 0.494 e. The monoisotopic (exact) mass is 274 g/mol. The van der Waals surface area contributed by atoms with Gasteiger partial charge in [0.2, 0.25) is 0 Å². The Morgan fingerprint density at radius 2 is 1.95 bits per heavy atom. The van der Waals surface area contributed by atoms with Crippen LogP contribution in [0, 0.1) is 0 Å². The van der Waals surface area contributed by atoms with Crippen LogP contribution in [0.25, 0.3) is 0 Å². The predicted molar refractivity (Wildman–Crippen MR) is 75.1 cm³/mol. The van der Waals surface area contributed by atoms with Gasteiger partial charge in [0, 0.05) is 11.8 Å². The Morgan fingerprint density at radius 3 is 2.55 bits per heavy atom. The summed E-state index contributed by atoms with van der Waals surface area (Å²) in [5.41, 5.74) is 0.290. The number of nitrogens with one attached hydrogen (secondary N) is 3. The fraction of sp³-hybridized carbons (Fsp3) is 0.154. The van der Waals surface area contributed by atoms with Gasteiger partial charge in [-0.3, -0.25) is 10.1 Å². The van der Waals surface area contributed by atoms with Gasteiger partial charge in [0.05, 0.1) is 6.61 Å². The van der Waals surface area contributed by atoms with Gasteiger partial charge in [-0.2, -0.15) is 5.10 Å². The first-order valence-electron chi connectivity index (χ1n) is 6.04. The van der Waals surface area contributed by atoms with Crippen LogP contribution < -0.4 is 20.9 Å². The molecule has 0 saturated heterocycles. The van der Waals surface area contributed by atoms with Crippen molar-refractivity contribution in [2.45, 2.75) is 6.92 Å². The third-order valence-corrected chi connectivity index (χ3v) is 2.34. The molecule has 1 heterocycles. The van der Waals surface area contributed by atoms with Crippen molar-refractivity contribution in [1.29, 1.82) is 0 Å². The minimum absolute atomic E-state index is 0.257. The number of aromatic nitrogens is 2. The maximum absolute atomic E-state index is 11.7. The molecule has 7 heteroatoms. The number of rotatable bonds is 4. The standard InChI is InChI=1S/C13H14N4O3/c1-2-20-10-5-3-9(4-6-10)14-13(19)15-11-7-8-12(18)17-16-11/h3-8H,2H2,1H3,(H,17,18)(H2,14,15,16,19). The molecule has 7 nitrogen and oxygen atoms in total. The van der Waals surface area contributed by atoms with E-state index in [0.29, 0.717) is 12.3 Å². The van der Waals surface area contributed by atoms with E-state index in [9.17, 15) is 9.59 Å². The molecule has 0 bridgehead atoms. The van der Waals surface area contributed by atoms with Crippen LogP contribution in [0.5, 0.6) is 5.75 Å². The van der Waals surface area contributed by atoms with Crippen LogP contribution in [0.4, 0.5) is 16.3 Å². The highest BCUT2D eigenvalue weighted by Gasteiger charge is 2.03. The fourth-order valence-electron chi connectivity index (χ4n) is 1.49. The number of benzene rings is 1. The molecule has 0 fully saturated rings. The molecule has 2 amide bonds. The second kappa shape index (κ2) is 6.37. The average Bonchev–Trinajstić information content (AvgIpc) is 2.44. The summed E-state index contributed by atoms with van der Waals surface area (Å²) in [6.07, 6.45) is 0. The van der Waals surface area contributed by atoms with E-state index in [1.165, 1.54) is 12.1 Å². The lowest BCUT2D eigenvalue weighted by Crippen LogP contribution is -2.21. The van der Waals surface area contributed by atoms with E-state index in [0.717, 1.165) is 5.75 Å². The molecule has 0 saturated carbocycles. The third-order valence-electron chi connectivity index (χ3n) is 2.34. The second-order valence-electron chi connectivity index (χ2n) is 3.84. The van der Waals surface area contributed by atoms with Crippen LogP contribution in [0.15, 0.2) is 41.2 Å². The summed E-state index contributed by atoms with van der Waals surface area (Å²) in [5.74, 6) is 0.994. The highest BCUT2D eigenvalue weighted by atomic mass is 16.5. The van der Waals surface area contributed by atoms with Gasteiger partial charge >= 0.3 is 6.03 Å². The van der Waals surface area contributed by atoms with Crippen molar-refractivity contribution in [3.05, 3.63) is 46.8 Å². The van der Waals surface area contributed by atoms with Gasteiger partial charge in [-0.05, 0) is 37.3 Å². The first-order valence-corrected chi connectivity index (χ1v) is 6.04. The molecule has 20 heavy (non-hydrogen) atoms. The van der Waals surface area contributed by atoms with E-state index in [4.69, 9.17) is 4.74 Å². The van der Waals surface area contributed by atoms with Crippen molar-refractivity contribution in [1.82, 2.24) is 10.2 Å². The molecule has 0 unspecified atom stereocenters. The first-order chi connectivity index (χ1) is 9.67. The van der Waals surface area contributed by atoms with Gasteiger partial charge in [-0.1, -0.05) is 0 Å². The minimum atomic E-state index is -0.450. The normalized spacial score (nSPS) is 9.85. The van der Waals surface area contributed by atoms with Crippen LogP contribution in [0.3, 0.4) is 0 Å². The lowest BCUT2D eigenvalue weighted by Gasteiger charge is -2.07. The summed E-state index contributed by atoms with van der Waals surface area (Å²) in [5, 5.41) is 11.0. The van der Waals surface area contributed by atoms with E-state index in [2.05, 4.69) is 20.8 Å². The molecule has 2 rings (SSSR count). The number of hydrogen-bond acceptors (Lipinski definition) is 4. The highest BCUT2D eigenvalue weighted by molar-refractivity contribution is 5.99. The zero-order valence-electron chi connectivity index (χ0n) is 10.8. The number of nitrogens with zero attached hydrogens (tertiary/aromatic N) is 1. The Morgan fingerprint density at radius 1 is 1.20 bits per heavy atom. The van der Waals surface area contributed by atoms with Gasteiger partial charge in [0.25, 0.3) is 5.56 Å². The summed E-state index contributed by atoms with van der Waals surface area (Å²) < 4.78 is 5.30. The number of anilines is 2. The number of amides is 2. The Labute approximate surface area is 115 Å². The average molecular weight is 274 g/mol. The van der Waals surface area contributed by atoms with Crippen molar-refractivity contribution >= 4 is 17.5 Å². The molecule has 1 aromatic heterocycles. The molecule has 3 N–H and O–H groups in total. The molecule has 0 atom stereocenters. The highest BCUT2D eigenvalue weighted by Crippen LogP contribution is 2.15. The summed E-state index contributed by atoms with van der Waals surface area (Å²) >= 11 is 0. The van der Waals surface area contributed by atoms with Crippen LogP contribution in [0.2, 0.25) is 0 Å². The van der Waals surface area contributed by atoms with Crippen LogP contribution in [0.1, 0.15) is 6.92 Å². The van der Waals surface area contributed by atoms with Gasteiger partial charge in [-0.15, -0.1) is 0 Å². The van der Waals surface area contributed by atoms with Crippen molar-refractivity contribution in [3.8, 4) is 5.75 Å². The number of H-pyrrole nitrogens is 1. The van der Waals surface area contributed by atoms with Crippen molar-refractivity contribution in [2.75, 3.05) is 17.2 Å². The molecule has 0 radical (unpaired) electrons. The predicted octanol–water partition coefficient (Wildman–Crippen LogP) is 1.81. The van der Waals surface area contributed by atoms with Gasteiger partial charge in [-0.25, -0.2) is 9.89 Å². The maximum Gasteiger partial charge on any atom is 0.324 e. The van der Waals surface area contributed by atoms with E-state index < -0.39 is 6.03 Å². The Hall–Kier alpha value is -2.83. The lowest BCUT2D eigenvalue weighted by molar-refractivity contribution is 0.262. The van der Waals surface area contributed by atoms with Crippen molar-refractivity contribution < 1.29 is 9.53 Å². The number of ether oxygens (including phenoxy) is 1. The molecule has 104 valence electrons. The number of aromatic amines is 1. The van der Waals surface area contributed by atoms with E-state index in [1.54, 1.807) is 24.3 Å². The third kappa shape index (κ3) is 3.84. The summed E-state index contributed by atoms with van der Waals surface area (Å²) in [4.78, 5) is 22.5. The SMILES string of the molecule is CCOc1ccc(NC(=O)Nc2ccc(=O)[nH]n2)cc1. The van der Waals surface area contributed by atoms with Gasteiger partial charge in [0.15, 0.2) is 5.82 Å². The second-order valence-corrected chi connectivity index (χ2v) is 3.84. The maximum atomic E-state index is 11.7. The van der Waals surface area contributed by atoms with Gasteiger partial charge < -0.3 is 10.1 Å². The van der Waals surface area contributed by atoms with Gasteiger partial charge in [0.1, 0.15) is 5.75 Å². The topological polar surface area (TPSA) is 96.1 Å². The number of carbonyl (C=O) groups excluding carboxylic acids is 1. The number of hydrogen-bond donors (Lipinski definition) is 3. The molecular weight excluding hydrogens is 260 g/mol. The van der Waals surface area contributed by atoms with Crippen LogP contribution in [-0.2, 0) is 0 Å². The van der Waals surface area contributed by atoms with Crippen molar-refractivity contribution in [3.63, 3.8) is 0 Å². The zero-order chi connectivity index (χ0) is 14.4. The minimum Gasteiger partial charge on any atom is -0.494 e. The molecule has 0 spiro atoms. The smallest absolute Gasteiger partial charge is 0.324 e. The lowest BCUT2D eigenvalue weighted by atomic mass is 10.3. The summed E-state index contributed by atoms with van der Waals surface area (Å²) in [7, 11) is 0. The Kier molecular flexibility index (Phi) is 4.33. The Bertz CT molecular complexity index is 616. The quantitative estimate of drug-likeness (QED) is 0.792. The summed E-state index contributed by atoms with van der Waals surface area (Å²) in [6.45, 7) is 2.49. The van der Waals surface area contributed by atoms with E-state index in [1.807, 2.05) is 6.92 Å². The fourth-order valence-corrected chi connectivity index (χ4v) is 1.49. The molecule has 0 aliphatic heterocycles. The molecular formula is C13H14N4O3. The molecule has 0 aliphatic rings. The zero-order valence-corrected chi connectivity index (χ0v) is 10.8. The summed E-state index contributed by atoms with van der Waals surface area (Å²) in [6, 6.07) is 9.22. The molecule has 2 aromatic rings. The molecule has 0 aliphatic carbocycles. The number of urea groups is 1. The van der Waals surface area contributed by atoms with Crippen molar-refractivity contribution in [2.24, 2.45) is 0 Å². The van der Waals surface area contributed by atoms with E-state index >= 15 is 0 Å². The van der Waals surface area contributed by atoms with E-state index in [-0.39, 0.29) is 11.4 Å².